The van der Waals surface area contributed by atoms with Crippen molar-refractivity contribution in [1.29, 1.82) is 5.26 Å². The van der Waals surface area contributed by atoms with E-state index in [1.54, 1.807) is 13.8 Å². The van der Waals surface area contributed by atoms with Crippen molar-refractivity contribution in [1.82, 2.24) is 15.0 Å². The number of hydrogen-bond donors (Lipinski definition) is 2. The average molecular weight is 269 g/mol. The van der Waals surface area contributed by atoms with Gasteiger partial charge in [-0.25, -0.2) is 0 Å². The first kappa shape index (κ1) is 14.5. The summed E-state index contributed by atoms with van der Waals surface area (Å²) in [7, 11) is 0. The van der Waals surface area contributed by atoms with E-state index in [0.29, 0.717) is 5.95 Å². The van der Waals surface area contributed by atoms with Gasteiger partial charge in [-0.15, -0.1) is 0 Å². The van der Waals surface area contributed by atoms with E-state index in [-0.39, 0.29) is 17.3 Å². The van der Waals surface area contributed by atoms with Gasteiger partial charge in [0.25, 0.3) is 0 Å². The molecule has 0 aliphatic heterocycles. The van der Waals surface area contributed by atoms with Gasteiger partial charge in [-0.05, 0) is 38.8 Å². The van der Waals surface area contributed by atoms with E-state index >= 15 is 0 Å². The van der Waals surface area contributed by atoms with Crippen LogP contribution in [0.1, 0.15) is 34.1 Å². The second kappa shape index (κ2) is 5.83. The Balaban J connectivity index is 2.91. The summed E-state index contributed by atoms with van der Waals surface area (Å²) in [4.78, 5) is 12.1. The molecule has 98 valence electrons. The first-order valence-electron chi connectivity index (χ1n) is 5.74. The molecule has 0 saturated heterocycles. The second-order valence-electron chi connectivity index (χ2n) is 4.57. The van der Waals surface area contributed by atoms with E-state index in [9.17, 15) is 0 Å². The summed E-state index contributed by atoms with van der Waals surface area (Å²) in [5, 5.41) is 15.0. The number of anilines is 2. The molecule has 0 radical (unpaired) electrons. The average Bonchev–Trinajstić information content (AvgIpc) is 2.27. The summed E-state index contributed by atoms with van der Waals surface area (Å²) in [5.41, 5.74) is -0.766. The number of nitriles is 1. The van der Waals surface area contributed by atoms with Gasteiger partial charge in [0.1, 0.15) is 5.54 Å². The first-order chi connectivity index (χ1) is 8.36. The summed E-state index contributed by atoms with van der Waals surface area (Å²) in [6.07, 6.45) is 0.940. The molecule has 1 atom stereocenters. The number of rotatable bonds is 5. The van der Waals surface area contributed by atoms with Crippen molar-refractivity contribution < 1.29 is 0 Å². The molecule has 0 aromatic carbocycles. The maximum absolute atomic E-state index is 8.95. The van der Waals surface area contributed by atoms with Crippen LogP contribution in [0.5, 0.6) is 0 Å². The van der Waals surface area contributed by atoms with Gasteiger partial charge in [0.15, 0.2) is 0 Å². The first-order valence-corrected chi connectivity index (χ1v) is 6.11. The Morgan fingerprint density at radius 2 is 1.94 bits per heavy atom. The number of halogens is 1. The van der Waals surface area contributed by atoms with Crippen LogP contribution in [0, 0.1) is 11.3 Å². The minimum atomic E-state index is -0.766. The van der Waals surface area contributed by atoms with E-state index in [1.165, 1.54) is 0 Å². The lowest BCUT2D eigenvalue weighted by Gasteiger charge is -2.18. The number of nitrogens with one attached hydrogen (secondary N) is 2. The topological polar surface area (TPSA) is 86.5 Å². The van der Waals surface area contributed by atoms with E-state index in [0.717, 1.165) is 6.42 Å². The zero-order chi connectivity index (χ0) is 13.8. The molecule has 0 saturated carbocycles. The molecule has 0 bridgehead atoms. The van der Waals surface area contributed by atoms with Crippen LogP contribution in [0.15, 0.2) is 0 Å². The fraction of sp³-hybridized carbons (Fsp3) is 0.636. The van der Waals surface area contributed by atoms with Crippen LogP contribution in [0.2, 0.25) is 5.28 Å². The third-order valence-electron chi connectivity index (χ3n) is 2.30. The van der Waals surface area contributed by atoms with E-state index in [2.05, 4.69) is 38.6 Å². The SMILES string of the molecule is CCC(C)Nc1nc(Cl)nc(NC(C)(C)C#N)n1. The monoisotopic (exact) mass is 268 g/mol. The Hall–Kier alpha value is -1.61. The lowest BCUT2D eigenvalue weighted by molar-refractivity contribution is 0.711. The second-order valence-corrected chi connectivity index (χ2v) is 4.91. The van der Waals surface area contributed by atoms with Crippen molar-refractivity contribution in [2.75, 3.05) is 10.6 Å². The van der Waals surface area contributed by atoms with Gasteiger partial charge in [0.05, 0.1) is 6.07 Å². The third kappa shape index (κ3) is 4.34. The van der Waals surface area contributed by atoms with Crippen molar-refractivity contribution in [3.8, 4) is 6.07 Å². The van der Waals surface area contributed by atoms with Gasteiger partial charge in [-0.3, -0.25) is 0 Å². The van der Waals surface area contributed by atoms with Gasteiger partial charge in [-0.1, -0.05) is 6.92 Å². The van der Waals surface area contributed by atoms with Crippen molar-refractivity contribution in [2.24, 2.45) is 0 Å². The highest BCUT2D eigenvalue weighted by molar-refractivity contribution is 6.28. The Kier molecular flexibility index (Phi) is 4.68. The van der Waals surface area contributed by atoms with Crippen molar-refractivity contribution in [3.05, 3.63) is 5.28 Å². The predicted octanol–water partition coefficient (Wildman–Crippen LogP) is 2.45. The Morgan fingerprint density at radius 1 is 1.33 bits per heavy atom. The minimum Gasteiger partial charge on any atom is -0.352 e. The number of hydrogen-bond acceptors (Lipinski definition) is 6. The Bertz CT molecular complexity index is 453. The highest BCUT2D eigenvalue weighted by Gasteiger charge is 2.18. The minimum absolute atomic E-state index is 0.0899. The molecule has 0 aliphatic rings. The van der Waals surface area contributed by atoms with Crippen LogP contribution in [0.3, 0.4) is 0 Å². The molecule has 1 unspecified atom stereocenters. The standard InChI is InChI=1S/C11H17ClN6/c1-5-7(2)14-9-15-8(12)16-10(17-9)18-11(3,4)6-13/h7H,5H2,1-4H3,(H2,14,15,16,17,18). The molecule has 18 heavy (non-hydrogen) atoms. The zero-order valence-electron chi connectivity index (χ0n) is 11.0. The molecule has 0 spiro atoms. The lowest BCUT2D eigenvalue weighted by Crippen LogP contribution is -2.30. The van der Waals surface area contributed by atoms with Crippen molar-refractivity contribution in [3.63, 3.8) is 0 Å². The lowest BCUT2D eigenvalue weighted by atomic mass is 10.1. The normalized spacial score (nSPS) is 12.7. The predicted molar refractivity (Wildman–Crippen MR) is 71.5 cm³/mol. The van der Waals surface area contributed by atoms with E-state index in [1.807, 2.05) is 6.92 Å². The molecule has 2 N–H and O–H groups in total. The third-order valence-corrected chi connectivity index (χ3v) is 2.47. The summed E-state index contributed by atoms with van der Waals surface area (Å²) >= 11 is 5.82. The molecule has 0 amide bonds. The van der Waals surface area contributed by atoms with Crippen LogP contribution >= 0.6 is 11.6 Å². The largest absolute Gasteiger partial charge is 0.352 e. The molecule has 1 aromatic rings. The molecule has 6 nitrogen and oxygen atoms in total. The summed E-state index contributed by atoms with van der Waals surface area (Å²) in [6, 6.07) is 2.34. The summed E-state index contributed by atoms with van der Waals surface area (Å²) in [5.74, 6) is 0.688. The van der Waals surface area contributed by atoms with Gasteiger partial charge in [0.2, 0.25) is 17.2 Å². The molecule has 1 heterocycles. The molecule has 0 fully saturated rings. The number of nitrogens with zero attached hydrogens (tertiary/aromatic N) is 4. The molecular formula is C11H17ClN6. The Morgan fingerprint density at radius 3 is 2.50 bits per heavy atom. The fourth-order valence-corrected chi connectivity index (χ4v) is 1.26. The molecular weight excluding hydrogens is 252 g/mol. The van der Waals surface area contributed by atoms with E-state index < -0.39 is 5.54 Å². The highest BCUT2D eigenvalue weighted by atomic mass is 35.5. The highest BCUT2D eigenvalue weighted by Crippen LogP contribution is 2.14. The van der Waals surface area contributed by atoms with Crippen LogP contribution in [-0.2, 0) is 0 Å². The maximum Gasteiger partial charge on any atom is 0.230 e. The molecule has 7 heteroatoms. The molecule has 1 aromatic heterocycles. The van der Waals surface area contributed by atoms with Crippen LogP contribution < -0.4 is 10.6 Å². The van der Waals surface area contributed by atoms with Crippen molar-refractivity contribution >= 4 is 23.5 Å². The van der Waals surface area contributed by atoms with Crippen LogP contribution in [-0.4, -0.2) is 26.5 Å². The quantitative estimate of drug-likeness (QED) is 0.853. The fourth-order valence-electron chi connectivity index (χ4n) is 1.10. The van der Waals surface area contributed by atoms with Gasteiger partial charge in [0, 0.05) is 6.04 Å². The van der Waals surface area contributed by atoms with Gasteiger partial charge in [-0.2, -0.15) is 20.2 Å². The zero-order valence-corrected chi connectivity index (χ0v) is 11.7. The van der Waals surface area contributed by atoms with Crippen LogP contribution in [0.25, 0.3) is 0 Å². The smallest absolute Gasteiger partial charge is 0.230 e. The molecule has 1 rings (SSSR count). The molecule has 0 aliphatic carbocycles. The van der Waals surface area contributed by atoms with Gasteiger partial charge < -0.3 is 10.6 Å². The van der Waals surface area contributed by atoms with Gasteiger partial charge >= 0.3 is 0 Å². The summed E-state index contributed by atoms with van der Waals surface area (Å²) in [6.45, 7) is 7.53. The Labute approximate surface area is 112 Å². The maximum atomic E-state index is 8.95. The van der Waals surface area contributed by atoms with Crippen molar-refractivity contribution in [2.45, 2.75) is 45.7 Å². The summed E-state index contributed by atoms with van der Waals surface area (Å²) < 4.78 is 0. The number of aromatic nitrogens is 3. The van der Waals surface area contributed by atoms with E-state index in [4.69, 9.17) is 16.9 Å². The van der Waals surface area contributed by atoms with Crippen LogP contribution in [0.4, 0.5) is 11.9 Å².